The molecule has 2 aromatic rings. The highest BCUT2D eigenvalue weighted by molar-refractivity contribution is 9.10. The van der Waals surface area contributed by atoms with Crippen molar-refractivity contribution in [3.8, 4) is 5.75 Å². The SMILES string of the molecule is CCOc1ccc(C(=O)CSc2ccc(Br)cn2)cc1. The zero-order valence-electron chi connectivity index (χ0n) is 11.0. The van der Waals surface area contributed by atoms with Gasteiger partial charge in [0.1, 0.15) is 5.75 Å². The molecule has 104 valence electrons. The molecule has 1 aromatic heterocycles. The fourth-order valence-electron chi connectivity index (χ4n) is 1.57. The number of thioether (sulfide) groups is 1. The molecule has 0 aliphatic heterocycles. The molecule has 0 bridgehead atoms. The summed E-state index contributed by atoms with van der Waals surface area (Å²) in [5.41, 5.74) is 0.693. The number of pyridine rings is 1. The molecule has 0 spiro atoms. The van der Waals surface area contributed by atoms with Crippen molar-refractivity contribution in [2.45, 2.75) is 11.9 Å². The van der Waals surface area contributed by atoms with Gasteiger partial charge in [-0.3, -0.25) is 4.79 Å². The van der Waals surface area contributed by atoms with Gasteiger partial charge >= 0.3 is 0 Å². The van der Waals surface area contributed by atoms with Crippen LogP contribution in [0.25, 0.3) is 0 Å². The molecule has 0 amide bonds. The normalized spacial score (nSPS) is 10.3. The fourth-order valence-corrected chi connectivity index (χ4v) is 2.55. The van der Waals surface area contributed by atoms with Gasteiger partial charge in [-0.05, 0) is 59.3 Å². The summed E-state index contributed by atoms with van der Waals surface area (Å²) in [6.45, 7) is 2.55. The number of aromatic nitrogens is 1. The topological polar surface area (TPSA) is 39.2 Å². The van der Waals surface area contributed by atoms with E-state index in [2.05, 4.69) is 20.9 Å². The highest BCUT2D eigenvalue weighted by Crippen LogP contribution is 2.20. The van der Waals surface area contributed by atoms with Gasteiger partial charge in [0.2, 0.25) is 0 Å². The molecule has 0 unspecified atom stereocenters. The number of hydrogen-bond donors (Lipinski definition) is 0. The first-order valence-corrected chi connectivity index (χ1v) is 7.97. The third-order valence-electron chi connectivity index (χ3n) is 2.54. The van der Waals surface area contributed by atoms with Crippen molar-refractivity contribution in [1.29, 1.82) is 0 Å². The first-order chi connectivity index (χ1) is 9.69. The Morgan fingerprint density at radius 2 is 2.00 bits per heavy atom. The fraction of sp³-hybridized carbons (Fsp3) is 0.200. The van der Waals surface area contributed by atoms with Crippen LogP contribution in [-0.4, -0.2) is 23.1 Å². The standard InChI is InChI=1S/C15H14BrNO2S/c1-2-19-13-6-3-11(4-7-13)14(18)10-20-15-8-5-12(16)9-17-15/h3-9H,2,10H2,1H3. The van der Waals surface area contributed by atoms with E-state index in [1.54, 1.807) is 18.3 Å². The number of hydrogen-bond acceptors (Lipinski definition) is 4. The molecule has 0 aliphatic rings. The van der Waals surface area contributed by atoms with Crippen molar-refractivity contribution in [3.05, 3.63) is 52.6 Å². The van der Waals surface area contributed by atoms with Crippen molar-refractivity contribution in [2.24, 2.45) is 0 Å². The molecule has 0 atom stereocenters. The summed E-state index contributed by atoms with van der Waals surface area (Å²) in [6.07, 6.45) is 1.73. The molecule has 0 radical (unpaired) electrons. The van der Waals surface area contributed by atoms with Crippen LogP contribution in [-0.2, 0) is 0 Å². The van der Waals surface area contributed by atoms with Gasteiger partial charge in [0.25, 0.3) is 0 Å². The van der Waals surface area contributed by atoms with Crippen LogP contribution < -0.4 is 4.74 Å². The van der Waals surface area contributed by atoms with E-state index < -0.39 is 0 Å². The molecular formula is C15H14BrNO2S. The van der Waals surface area contributed by atoms with Crippen LogP contribution in [0.3, 0.4) is 0 Å². The van der Waals surface area contributed by atoms with E-state index in [0.717, 1.165) is 15.2 Å². The Labute approximate surface area is 130 Å². The number of nitrogens with zero attached hydrogens (tertiary/aromatic N) is 1. The first-order valence-electron chi connectivity index (χ1n) is 6.19. The summed E-state index contributed by atoms with van der Waals surface area (Å²) in [7, 11) is 0. The molecule has 1 heterocycles. The Balaban J connectivity index is 1.92. The van der Waals surface area contributed by atoms with E-state index in [4.69, 9.17) is 4.74 Å². The van der Waals surface area contributed by atoms with Crippen LogP contribution in [0.15, 0.2) is 52.1 Å². The Morgan fingerprint density at radius 1 is 1.25 bits per heavy atom. The molecular weight excluding hydrogens is 338 g/mol. The minimum Gasteiger partial charge on any atom is -0.494 e. The Hall–Kier alpha value is -1.33. The smallest absolute Gasteiger partial charge is 0.173 e. The van der Waals surface area contributed by atoms with Gasteiger partial charge in [0.15, 0.2) is 5.78 Å². The minimum absolute atomic E-state index is 0.0859. The summed E-state index contributed by atoms with van der Waals surface area (Å²) in [5, 5.41) is 0.840. The van der Waals surface area contributed by atoms with E-state index in [9.17, 15) is 4.79 Å². The van der Waals surface area contributed by atoms with Crippen LogP contribution >= 0.6 is 27.7 Å². The lowest BCUT2D eigenvalue weighted by Crippen LogP contribution is -2.02. The second-order valence-electron chi connectivity index (χ2n) is 3.98. The first kappa shape index (κ1) is 15.1. The maximum Gasteiger partial charge on any atom is 0.173 e. The predicted octanol–water partition coefficient (Wildman–Crippen LogP) is 4.22. The van der Waals surface area contributed by atoms with Crippen LogP contribution in [0.2, 0.25) is 0 Å². The number of rotatable bonds is 6. The molecule has 0 saturated heterocycles. The number of carbonyl (C=O) groups is 1. The lowest BCUT2D eigenvalue weighted by molar-refractivity contribution is 0.102. The van der Waals surface area contributed by atoms with E-state index in [-0.39, 0.29) is 5.78 Å². The summed E-state index contributed by atoms with van der Waals surface area (Å²) in [5.74, 6) is 1.25. The summed E-state index contributed by atoms with van der Waals surface area (Å²) in [4.78, 5) is 16.3. The number of halogens is 1. The third-order valence-corrected chi connectivity index (χ3v) is 3.95. The average Bonchev–Trinajstić information content (AvgIpc) is 2.47. The van der Waals surface area contributed by atoms with E-state index in [0.29, 0.717) is 17.9 Å². The van der Waals surface area contributed by atoms with Gasteiger partial charge in [0.05, 0.1) is 17.4 Å². The van der Waals surface area contributed by atoms with Gasteiger partial charge in [-0.15, -0.1) is 0 Å². The average molecular weight is 352 g/mol. The number of ketones is 1. The van der Waals surface area contributed by atoms with Crippen LogP contribution in [0.5, 0.6) is 5.75 Å². The second kappa shape index (κ2) is 7.45. The predicted molar refractivity (Wildman–Crippen MR) is 84.6 cm³/mol. The second-order valence-corrected chi connectivity index (χ2v) is 5.90. The molecule has 3 nitrogen and oxygen atoms in total. The van der Waals surface area contributed by atoms with Crippen molar-refractivity contribution in [1.82, 2.24) is 4.98 Å². The molecule has 0 aliphatic carbocycles. The van der Waals surface area contributed by atoms with E-state index in [1.165, 1.54) is 11.8 Å². The Kier molecular flexibility index (Phi) is 5.61. The van der Waals surface area contributed by atoms with Crippen molar-refractivity contribution >= 4 is 33.5 Å². The van der Waals surface area contributed by atoms with Gasteiger partial charge in [-0.25, -0.2) is 4.98 Å². The number of carbonyl (C=O) groups excluding carboxylic acids is 1. The van der Waals surface area contributed by atoms with Crippen LogP contribution in [0, 0.1) is 0 Å². The van der Waals surface area contributed by atoms with Gasteiger partial charge in [0, 0.05) is 16.2 Å². The molecule has 1 aromatic carbocycles. The van der Waals surface area contributed by atoms with Crippen molar-refractivity contribution in [2.75, 3.05) is 12.4 Å². The maximum atomic E-state index is 12.1. The molecule has 20 heavy (non-hydrogen) atoms. The van der Waals surface area contributed by atoms with Gasteiger partial charge < -0.3 is 4.74 Å². The number of benzene rings is 1. The molecule has 5 heteroatoms. The molecule has 0 saturated carbocycles. The van der Waals surface area contributed by atoms with Gasteiger partial charge in [-0.2, -0.15) is 0 Å². The lowest BCUT2D eigenvalue weighted by Gasteiger charge is -2.04. The Bertz CT molecular complexity index is 569. The highest BCUT2D eigenvalue weighted by Gasteiger charge is 2.07. The van der Waals surface area contributed by atoms with Crippen molar-refractivity contribution < 1.29 is 9.53 Å². The summed E-state index contributed by atoms with van der Waals surface area (Å²) >= 11 is 4.76. The monoisotopic (exact) mass is 351 g/mol. The van der Waals surface area contributed by atoms with E-state index in [1.807, 2.05) is 31.2 Å². The molecule has 0 fully saturated rings. The molecule has 2 rings (SSSR count). The minimum atomic E-state index is 0.0859. The molecule has 0 N–H and O–H groups in total. The summed E-state index contributed by atoms with van der Waals surface area (Å²) < 4.78 is 6.28. The van der Waals surface area contributed by atoms with Gasteiger partial charge in [-0.1, -0.05) is 11.8 Å². The highest BCUT2D eigenvalue weighted by atomic mass is 79.9. The van der Waals surface area contributed by atoms with Crippen molar-refractivity contribution in [3.63, 3.8) is 0 Å². The summed E-state index contributed by atoms with van der Waals surface area (Å²) in [6, 6.07) is 11.0. The number of Topliss-reactive ketones (excluding diaryl/α,β-unsaturated/α-hetero) is 1. The third kappa shape index (κ3) is 4.35. The number of ether oxygens (including phenoxy) is 1. The largest absolute Gasteiger partial charge is 0.494 e. The zero-order valence-corrected chi connectivity index (χ0v) is 13.4. The quantitative estimate of drug-likeness (QED) is 0.577. The van der Waals surface area contributed by atoms with Crippen LogP contribution in [0.1, 0.15) is 17.3 Å². The zero-order chi connectivity index (χ0) is 14.4. The van der Waals surface area contributed by atoms with E-state index >= 15 is 0 Å². The lowest BCUT2D eigenvalue weighted by atomic mass is 10.1. The Morgan fingerprint density at radius 3 is 2.60 bits per heavy atom. The van der Waals surface area contributed by atoms with Crippen LogP contribution in [0.4, 0.5) is 0 Å². The maximum absolute atomic E-state index is 12.1.